The molecule has 3 N–H and O–H groups in total. The average molecular weight is 742 g/mol. The fraction of sp³-hybridized carbons (Fsp3) is 0.488. The topological polar surface area (TPSA) is 143 Å². The van der Waals surface area contributed by atoms with Gasteiger partial charge in [-0.2, -0.15) is 0 Å². The van der Waals surface area contributed by atoms with Crippen molar-refractivity contribution in [3.8, 4) is 0 Å². The van der Waals surface area contributed by atoms with E-state index in [0.717, 1.165) is 62.4 Å². The van der Waals surface area contributed by atoms with E-state index in [0.29, 0.717) is 43.1 Å². The van der Waals surface area contributed by atoms with Crippen molar-refractivity contribution in [2.75, 3.05) is 48.4 Å². The predicted octanol–water partition coefficient (Wildman–Crippen LogP) is 7.72. The molecular weight excluding hydrogens is 691 g/mol. The van der Waals surface area contributed by atoms with Gasteiger partial charge >= 0.3 is 0 Å². The Bertz CT molecular complexity index is 1950. The molecule has 1 amide bonds. The quantitative estimate of drug-likeness (QED) is 0.133. The monoisotopic (exact) mass is 741 g/mol. The van der Waals surface area contributed by atoms with E-state index >= 15 is 0 Å². The van der Waals surface area contributed by atoms with Gasteiger partial charge in [-0.15, -0.1) is 0 Å². The van der Waals surface area contributed by atoms with Crippen LogP contribution in [0.3, 0.4) is 0 Å². The summed E-state index contributed by atoms with van der Waals surface area (Å²) in [4.78, 5) is 26.1. The van der Waals surface area contributed by atoms with Crippen LogP contribution in [0.25, 0.3) is 6.08 Å². The van der Waals surface area contributed by atoms with Crippen LogP contribution in [-0.4, -0.2) is 58.1 Å². The summed E-state index contributed by atoms with van der Waals surface area (Å²) in [6.45, 7) is 10.8. The number of carbonyl (C=O) groups excluding carboxylic acids is 1. The summed E-state index contributed by atoms with van der Waals surface area (Å²) in [5.74, 6) is 1.83. The van der Waals surface area contributed by atoms with Crippen LogP contribution < -0.4 is 20.3 Å². The highest BCUT2D eigenvalue weighted by molar-refractivity contribution is 7.90. The molecule has 53 heavy (non-hydrogen) atoms. The van der Waals surface area contributed by atoms with E-state index in [-0.39, 0.29) is 21.8 Å². The molecule has 8 rings (SSSR count). The molecule has 5 fully saturated rings. The van der Waals surface area contributed by atoms with Crippen molar-refractivity contribution in [3.05, 3.63) is 93.5 Å². The van der Waals surface area contributed by atoms with Gasteiger partial charge in [-0.25, -0.2) is 13.1 Å². The summed E-state index contributed by atoms with van der Waals surface area (Å²) >= 11 is 0. The number of hydrogen-bond acceptors (Lipinski definition) is 9. The number of nitrogens with one attached hydrogen (secondary N) is 3. The molecule has 0 aromatic heterocycles. The highest BCUT2D eigenvalue weighted by atomic mass is 32.2. The molecule has 3 aliphatic carbocycles. The summed E-state index contributed by atoms with van der Waals surface area (Å²) in [5, 5.41) is 18.7. The normalized spacial score (nSPS) is 24.1. The van der Waals surface area contributed by atoms with Crippen LogP contribution in [0.1, 0.15) is 75.2 Å². The van der Waals surface area contributed by atoms with Gasteiger partial charge in [0.25, 0.3) is 21.6 Å². The Kier molecular flexibility index (Phi) is 10.5. The molecule has 3 aromatic rings. The Hall–Kier alpha value is -4.42. The lowest BCUT2D eigenvalue weighted by molar-refractivity contribution is -0.384. The van der Waals surface area contributed by atoms with Crippen LogP contribution in [0.5, 0.6) is 0 Å². The molecular formula is C41H51N5O6S. The summed E-state index contributed by atoms with van der Waals surface area (Å²) < 4.78 is 33.7. The fourth-order valence-electron chi connectivity index (χ4n) is 8.91. The van der Waals surface area contributed by atoms with Gasteiger partial charge < -0.3 is 20.3 Å². The molecule has 11 nitrogen and oxygen atoms in total. The number of carbonyl (C=O) groups is 1. The van der Waals surface area contributed by atoms with Crippen molar-refractivity contribution in [1.29, 1.82) is 0 Å². The molecule has 12 heteroatoms. The minimum atomic E-state index is -4.36. The van der Waals surface area contributed by atoms with Crippen LogP contribution in [-0.2, 0) is 14.8 Å². The standard InChI is InChI=1S/C41H51N5O6S/c1-27-36-23-32(41(36,2)3)24-38(27)43-33-8-4-28(5-9-33)22-29-14-18-45(19-15-29)34-10-6-31(7-11-34)40(47)44-53(50,51)35-12-13-37(39(25-35)46(48)49)42-26-30-16-20-52-21-17-30/h4-13,22,25,27,30,32,36,38,42-43H,14-21,23-24,26H2,1-3H3,(H,44,47)/t27-,32+,36-,38-/m0/s1. The van der Waals surface area contributed by atoms with Gasteiger partial charge in [-0.1, -0.05) is 44.6 Å². The fourth-order valence-corrected chi connectivity index (χ4v) is 9.90. The first-order chi connectivity index (χ1) is 25.4. The second-order valence-electron chi connectivity index (χ2n) is 16.0. The minimum Gasteiger partial charge on any atom is -0.382 e. The zero-order valence-corrected chi connectivity index (χ0v) is 31.7. The number of ether oxygens (including phenoxy) is 1. The third-order valence-corrected chi connectivity index (χ3v) is 13.8. The molecule has 2 bridgehead atoms. The Morgan fingerprint density at radius 1 is 1.00 bits per heavy atom. The highest BCUT2D eigenvalue weighted by Crippen LogP contribution is 2.61. The van der Waals surface area contributed by atoms with Crippen molar-refractivity contribution < 1.29 is 22.9 Å². The number of rotatable bonds is 11. The maximum atomic E-state index is 13.1. The van der Waals surface area contributed by atoms with E-state index in [2.05, 4.69) is 71.4 Å². The Balaban J connectivity index is 0.903. The maximum absolute atomic E-state index is 13.1. The largest absolute Gasteiger partial charge is 0.382 e. The number of anilines is 3. The number of nitro benzene ring substituents is 1. The number of nitrogens with zero attached hydrogens (tertiary/aromatic N) is 2. The lowest BCUT2D eigenvalue weighted by Gasteiger charge is -2.62. The number of piperidine rings is 1. The van der Waals surface area contributed by atoms with Crippen molar-refractivity contribution in [2.45, 2.75) is 70.2 Å². The third kappa shape index (κ3) is 8.08. The molecule has 2 aliphatic heterocycles. The van der Waals surface area contributed by atoms with Gasteiger partial charge in [0.05, 0.1) is 9.82 Å². The molecule has 0 spiro atoms. The van der Waals surface area contributed by atoms with Gasteiger partial charge in [0, 0.05) is 61.9 Å². The van der Waals surface area contributed by atoms with Crippen LogP contribution in [0.15, 0.2) is 77.2 Å². The number of sulfonamides is 1. The molecule has 4 atom stereocenters. The maximum Gasteiger partial charge on any atom is 0.293 e. The van der Waals surface area contributed by atoms with Crippen molar-refractivity contribution in [1.82, 2.24) is 4.72 Å². The molecule has 3 aromatic carbocycles. The van der Waals surface area contributed by atoms with E-state index in [1.807, 2.05) is 12.1 Å². The van der Waals surface area contributed by atoms with Crippen LogP contribution >= 0.6 is 0 Å². The highest BCUT2D eigenvalue weighted by Gasteiger charge is 2.56. The minimum absolute atomic E-state index is 0.177. The number of nitro groups is 1. The first-order valence-electron chi connectivity index (χ1n) is 19.0. The lowest BCUT2D eigenvalue weighted by atomic mass is 9.45. The van der Waals surface area contributed by atoms with Gasteiger partial charge in [0.2, 0.25) is 0 Å². The third-order valence-electron chi connectivity index (χ3n) is 12.5. The Morgan fingerprint density at radius 2 is 1.70 bits per heavy atom. The van der Waals surface area contributed by atoms with Crippen LogP contribution in [0, 0.1) is 39.2 Å². The van der Waals surface area contributed by atoms with Crippen molar-refractivity contribution in [2.24, 2.45) is 29.1 Å². The first-order valence-corrected chi connectivity index (χ1v) is 20.4. The predicted molar refractivity (Wildman–Crippen MR) is 209 cm³/mol. The molecule has 2 saturated heterocycles. The zero-order chi connectivity index (χ0) is 37.3. The van der Waals surface area contributed by atoms with E-state index < -0.39 is 20.9 Å². The molecule has 3 saturated carbocycles. The van der Waals surface area contributed by atoms with E-state index in [1.165, 1.54) is 41.8 Å². The lowest BCUT2D eigenvalue weighted by Crippen LogP contribution is -2.58. The number of amides is 1. The number of hydrogen-bond donors (Lipinski definition) is 3. The molecule has 5 aliphatic rings. The van der Waals surface area contributed by atoms with Crippen molar-refractivity contribution in [3.63, 3.8) is 0 Å². The molecule has 0 unspecified atom stereocenters. The second kappa shape index (κ2) is 15.1. The summed E-state index contributed by atoms with van der Waals surface area (Å²) in [7, 11) is -4.36. The zero-order valence-electron chi connectivity index (χ0n) is 30.8. The summed E-state index contributed by atoms with van der Waals surface area (Å²) in [6.07, 6.45) is 8.48. The van der Waals surface area contributed by atoms with E-state index in [4.69, 9.17) is 4.74 Å². The van der Waals surface area contributed by atoms with E-state index in [1.54, 1.807) is 12.1 Å². The summed E-state index contributed by atoms with van der Waals surface area (Å²) in [5.41, 5.74) is 5.28. The smallest absolute Gasteiger partial charge is 0.293 e. The van der Waals surface area contributed by atoms with Gasteiger partial charge in [0.15, 0.2) is 0 Å². The Labute approximate surface area is 312 Å². The number of benzene rings is 3. The van der Waals surface area contributed by atoms with Crippen molar-refractivity contribution >= 4 is 44.8 Å². The van der Waals surface area contributed by atoms with Crippen LogP contribution in [0.2, 0.25) is 0 Å². The van der Waals surface area contributed by atoms with Gasteiger partial charge in [-0.05, 0) is 122 Å². The molecule has 2 heterocycles. The van der Waals surface area contributed by atoms with Crippen LogP contribution in [0.4, 0.5) is 22.7 Å². The summed E-state index contributed by atoms with van der Waals surface area (Å²) in [6, 6.07) is 19.8. The molecule has 282 valence electrons. The first kappa shape index (κ1) is 36.9. The Morgan fingerprint density at radius 3 is 2.34 bits per heavy atom. The SMILES string of the molecule is C[C@@H]1[C@@H](Nc2ccc(C=C3CCN(c4ccc(C(=O)NS(=O)(=O)c5ccc(NCC6CCOCC6)c([N+](=O)[O-])c5)cc4)CC3)cc2)C[C@H]2C[C@@H]1C2(C)C. The van der Waals surface area contributed by atoms with E-state index in [9.17, 15) is 23.3 Å². The second-order valence-corrected chi connectivity index (χ2v) is 17.7. The molecule has 0 radical (unpaired) electrons. The number of fused-ring (bicyclic) bond motifs is 2. The van der Waals surface area contributed by atoms with Gasteiger partial charge in [0.1, 0.15) is 5.69 Å². The average Bonchev–Trinajstić information content (AvgIpc) is 3.15. The van der Waals surface area contributed by atoms with Gasteiger partial charge in [-0.3, -0.25) is 14.9 Å².